The van der Waals surface area contributed by atoms with E-state index in [4.69, 9.17) is 15.2 Å². The Hall–Kier alpha value is -1.22. The number of hydrogen-bond donors (Lipinski definition) is 1. The minimum absolute atomic E-state index is 0.0974. The number of rotatable bonds is 4. The maximum Gasteiger partial charge on any atom is 0.125 e. The third-order valence-electron chi connectivity index (χ3n) is 2.06. The molecule has 78 valence electrons. The Morgan fingerprint density at radius 1 is 1.21 bits per heavy atom. The maximum absolute atomic E-state index is 5.76. The zero-order valence-electron chi connectivity index (χ0n) is 8.91. The number of methoxy groups -OCH3 is 2. The maximum atomic E-state index is 5.76. The van der Waals surface area contributed by atoms with Crippen molar-refractivity contribution in [3.05, 3.63) is 23.8 Å². The molecule has 1 rings (SSSR count). The molecule has 14 heavy (non-hydrogen) atoms. The van der Waals surface area contributed by atoms with Gasteiger partial charge in [0.2, 0.25) is 0 Å². The molecule has 0 spiro atoms. The molecule has 1 unspecified atom stereocenters. The van der Waals surface area contributed by atoms with Crippen molar-refractivity contribution in [3.63, 3.8) is 0 Å². The third-order valence-corrected chi connectivity index (χ3v) is 2.06. The summed E-state index contributed by atoms with van der Waals surface area (Å²) in [5.41, 5.74) is 6.80. The predicted octanol–water partition coefficient (Wildman–Crippen LogP) is 1.59. The first-order valence-electron chi connectivity index (χ1n) is 4.64. The lowest BCUT2D eigenvalue weighted by Crippen LogP contribution is -2.18. The SMILES string of the molecule is COc1cccc(OC)c1CC(C)N. The van der Waals surface area contributed by atoms with Crippen LogP contribution in [0.15, 0.2) is 18.2 Å². The van der Waals surface area contributed by atoms with Crippen LogP contribution in [0.3, 0.4) is 0 Å². The fourth-order valence-electron chi connectivity index (χ4n) is 1.45. The number of ether oxygens (including phenoxy) is 2. The monoisotopic (exact) mass is 195 g/mol. The molecule has 0 aromatic heterocycles. The minimum atomic E-state index is 0.0974. The first-order valence-corrected chi connectivity index (χ1v) is 4.64. The Morgan fingerprint density at radius 3 is 2.07 bits per heavy atom. The lowest BCUT2D eigenvalue weighted by atomic mass is 10.1. The normalized spacial score (nSPS) is 12.3. The van der Waals surface area contributed by atoms with Gasteiger partial charge in [0, 0.05) is 11.6 Å². The van der Waals surface area contributed by atoms with Crippen molar-refractivity contribution >= 4 is 0 Å². The van der Waals surface area contributed by atoms with Crippen LogP contribution in [0.5, 0.6) is 11.5 Å². The summed E-state index contributed by atoms with van der Waals surface area (Å²) in [4.78, 5) is 0. The van der Waals surface area contributed by atoms with Crippen molar-refractivity contribution in [1.29, 1.82) is 0 Å². The summed E-state index contributed by atoms with van der Waals surface area (Å²) in [6.07, 6.45) is 0.757. The molecule has 0 aliphatic rings. The van der Waals surface area contributed by atoms with Crippen LogP contribution >= 0.6 is 0 Å². The molecule has 0 aliphatic heterocycles. The van der Waals surface area contributed by atoms with Gasteiger partial charge in [0.15, 0.2) is 0 Å². The van der Waals surface area contributed by atoms with Crippen molar-refractivity contribution in [3.8, 4) is 11.5 Å². The van der Waals surface area contributed by atoms with Gasteiger partial charge < -0.3 is 15.2 Å². The van der Waals surface area contributed by atoms with E-state index >= 15 is 0 Å². The Balaban J connectivity index is 3.05. The van der Waals surface area contributed by atoms with Crippen molar-refractivity contribution in [2.24, 2.45) is 5.73 Å². The van der Waals surface area contributed by atoms with Crippen LogP contribution in [-0.4, -0.2) is 20.3 Å². The summed E-state index contributed by atoms with van der Waals surface area (Å²) < 4.78 is 10.5. The van der Waals surface area contributed by atoms with Crippen LogP contribution in [0.25, 0.3) is 0 Å². The van der Waals surface area contributed by atoms with Gasteiger partial charge in [0.25, 0.3) is 0 Å². The number of nitrogens with two attached hydrogens (primary N) is 1. The lowest BCUT2D eigenvalue weighted by molar-refractivity contribution is 0.383. The fourth-order valence-corrected chi connectivity index (χ4v) is 1.45. The molecule has 1 aromatic carbocycles. The van der Waals surface area contributed by atoms with Crippen LogP contribution in [0.1, 0.15) is 12.5 Å². The average Bonchev–Trinajstić information content (AvgIpc) is 2.17. The Labute approximate surface area is 84.8 Å². The average molecular weight is 195 g/mol. The van der Waals surface area contributed by atoms with Crippen LogP contribution in [0, 0.1) is 0 Å². The van der Waals surface area contributed by atoms with Crippen molar-refractivity contribution < 1.29 is 9.47 Å². The molecule has 0 radical (unpaired) electrons. The molecule has 1 atom stereocenters. The zero-order valence-corrected chi connectivity index (χ0v) is 8.91. The first-order chi connectivity index (χ1) is 6.69. The summed E-state index contributed by atoms with van der Waals surface area (Å²) in [6.45, 7) is 1.96. The van der Waals surface area contributed by atoms with E-state index in [9.17, 15) is 0 Å². The zero-order chi connectivity index (χ0) is 10.6. The summed E-state index contributed by atoms with van der Waals surface area (Å²) in [7, 11) is 3.30. The van der Waals surface area contributed by atoms with E-state index in [1.165, 1.54) is 0 Å². The highest BCUT2D eigenvalue weighted by Crippen LogP contribution is 2.28. The number of benzene rings is 1. The summed E-state index contributed by atoms with van der Waals surface area (Å²) in [6, 6.07) is 5.84. The van der Waals surface area contributed by atoms with Gasteiger partial charge in [-0.1, -0.05) is 6.07 Å². The van der Waals surface area contributed by atoms with Gasteiger partial charge in [-0.2, -0.15) is 0 Å². The largest absolute Gasteiger partial charge is 0.496 e. The molecule has 0 amide bonds. The molecule has 0 aliphatic carbocycles. The molecule has 3 heteroatoms. The topological polar surface area (TPSA) is 44.5 Å². The highest BCUT2D eigenvalue weighted by Gasteiger charge is 2.10. The summed E-state index contributed by atoms with van der Waals surface area (Å²) >= 11 is 0. The van der Waals surface area contributed by atoms with Crippen LogP contribution < -0.4 is 15.2 Å². The second-order valence-electron chi connectivity index (χ2n) is 3.32. The molecule has 0 saturated carbocycles. The van der Waals surface area contributed by atoms with Crippen molar-refractivity contribution in [2.75, 3.05) is 14.2 Å². The Kier molecular flexibility index (Phi) is 3.77. The molecular weight excluding hydrogens is 178 g/mol. The van der Waals surface area contributed by atoms with Crippen LogP contribution in [0.2, 0.25) is 0 Å². The quantitative estimate of drug-likeness (QED) is 0.793. The first kappa shape index (κ1) is 10.9. The third kappa shape index (κ3) is 2.39. The van der Waals surface area contributed by atoms with E-state index in [2.05, 4.69) is 0 Å². The molecule has 2 N–H and O–H groups in total. The van der Waals surface area contributed by atoms with E-state index in [1.54, 1.807) is 14.2 Å². The van der Waals surface area contributed by atoms with Crippen molar-refractivity contribution in [2.45, 2.75) is 19.4 Å². The van der Waals surface area contributed by atoms with E-state index in [0.29, 0.717) is 0 Å². The molecule has 3 nitrogen and oxygen atoms in total. The number of hydrogen-bond acceptors (Lipinski definition) is 3. The smallest absolute Gasteiger partial charge is 0.125 e. The molecule has 0 saturated heterocycles. The van der Waals surface area contributed by atoms with Gasteiger partial charge in [0.05, 0.1) is 14.2 Å². The van der Waals surface area contributed by atoms with Gasteiger partial charge in [-0.25, -0.2) is 0 Å². The van der Waals surface area contributed by atoms with E-state index < -0.39 is 0 Å². The standard InChI is InChI=1S/C11H17NO2/c1-8(12)7-9-10(13-2)5-4-6-11(9)14-3/h4-6,8H,7,12H2,1-3H3. The van der Waals surface area contributed by atoms with Crippen molar-refractivity contribution in [1.82, 2.24) is 0 Å². The van der Waals surface area contributed by atoms with E-state index in [0.717, 1.165) is 23.5 Å². The predicted molar refractivity (Wildman–Crippen MR) is 56.9 cm³/mol. The van der Waals surface area contributed by atoms with E-state index in [1.807, 2.05) is 25.1 Å². The molecule has 1 aromatic rings. The lowest BCUT2D eigenvalue weighted by Gasteiger charge is -2.14. The molecule has 0 heterocycles. The Morgan fingerprint density at radius 2 is 1.71 bits per heavy atom. The van der Waals surface area contributed by atoms with Gasteiger partial charge in [0.1, 0.15) is 11.5 Å². The second-order valence-corrected chi connectivity index (χ2v) is 3.32. The Bertz CT molecular complexity index is 275. The molecule has 0 bridgehead atoms. The molecule has 0 fully saturated rings. The second kappa shape index (κ2) is 4.86. The highest BCUT2D eigenvalue weighted by molar-refractivity contribution is 5.45. The van der Waals surface area contributed by atoms with Gasteiger partial charge in [-0.05, 0) is 25.5 Å². The molecular formula is C11H17NO2. The highest BCUT2D eigenvalue weighted by atomic mass is 16.5. The minimum Gasteiger partial charge on any atom is -0.496 e. The summed E-state index contributed by atoms with van der Waals surface area (Å²) in [5.74, 6) is 1.67. The van der Waals surface area contributed by atoms with Gasteiger partial charge >= 0.3 is 0 Å². The van der Waals surface area contributed by atoms with E-state index in [-0.39, 0.29) is 6.04 Å². The van der Waals surface area contributed by atoms with Gasteiger partial charge in [-0.3, -0.25) is 0 Å². The van der Waals surface area contributed by atoms with Crippen LogP contribution in [0.4, 0.5) is 0 Å². The summed E-state index contributed by atoms with van der Waals surface area (Å²) in [5, 5.41) is 0. The fraction of sp³-hybridized carbons (Fsp3) is 0.455. The van der Waals surface area contributed by atoms with Gasteiger partial charge in [-0.15, -0.1) is 0 Å². The van der Waals surface area contributed by atoms with Crippen LogP contribution in [-0.2, 0) is 6.42 Å².